The van der Waals surface area contributed by atoms with Gasteiger partial charge in [-0.3, -0.25) is 4.99 Å². The van der Waals surface area contributed by atoms with Crippen LogP contribution >= 0.6 is 0 Å². The lowest BCUT2D eigenvalue weighted by atomic mass is 10.4. The maximum atomic E-state index is 5.48. The van der Waals surface area contributed by atoms with E-state index >= 15 is 0 Å². The van der Waals surface area contributed by atoms with Crippen LogP contribution in [0.25, 0.3) is 0 Å². The van der Waals surface area contributed by atoms with Crippen LogP contribution in [0.1, 0.15) is 6.42 Å². The number of rotatable bonds is 7. The molecule has 0 bridgehead atoms. The van der Waals surface area contributed by atoms with Gasteiger partial charge in [-0.2, -0.15) is 0 Å². The molecule has 0 saturated heterocycles. The molecule has 0 aromatic carbocycles. The van der Waals surface area contributed by atoms with Crippen molar-refractivity contribution in [2.75, 3.05) is 47.4 Å². The van der Waals surface area contributed by atoms with Crippen LogP contribution in [0.2, 0.25) is 0 Å². The lowest BCUT2D eigenvalue weighted by molar-refractivity contribution is 0.180. The van der Waals surface area contributed by atoms with Crippen molar-refractivity contribution in [1.82, 2.24) is 10.2 Å². The fraction of sp³-hybridized carbons (Fsp3) is 0.889. The SMILES string of the molecule is CN=C(N)NCCN(C)CCCOC. The van der Waals surface area contributed by atoms with E-state index in [4.69, 9.17) is 10.5 Å². The summed E-state index contributed by atoms with van der Waals surface area (Å²) in [7, 11) is 5.47. The van der Waals surface area contributed by atoms with Gasteiger partial charge in [0.2, 0.25) is 0 Å². The van der Waals surface area contributed by atoms with Gasteiger partial charge in [0.05, 0.1) is 0 Å². The zero-order valence-electron chi connectivity index (χ0n) is 9.42. The fourth-order valence-corrected chi connectivity index (χ4v) is 1.04. The second-order valence-corrected chi connectivity index (χ2v) is 3.19. The number of methoxy groups -OCH3 is 1. The van der Waals surface area contributed by atoms with Crippen LogP contribution in [0.4, 0.5) is 0 Å². The number of ether oxygens (including phenoxy) is 1. The molecule has 84 valence electrons. The third-order valence-electron chi connectivity index (χ3n) is 1.93. The van der Waals surface area contributed by atoms with Crippen LogP contribution in [-0.2, 0) is 4.74 Å². The molecule has 0 amide bonds. The molecule has 0 fully saturated rings. The lowest BCUT2D eigenvalue weighted by Gasteiger charge is -2.16. The summed E-state index contributed by atoms with van der Waals surface area (Å²) >= 11 is 0. The zero-order chi connectivity index (χ0) is 10.8. The summed E-state index contributed by atoms with van der Waals surface area (Å²) < 4.78 is 4.97. The molecule has 3 N–H and O–H groups in total. The van der Waals surface area contributed by atoms with Gasteiger partial charge in [0.15, 0.2) is 5.96 Å². The molecule has 0 atom stereocenters. The molecule has 5 nitrogen and oxygen atoms in total. The van der Waals surface area contributed by atoms with Crippen LogP contribution in [0.15, 0.2) is 4.99 Å². The Hall–Kier alpha value is -0.810. The van der Waals surface area contributed by atoms with Gasteiger partial charge in [0, 0.05) is 40.4 Å². The Morgan fingerprint density at radius 2 is 2.21 bits per heavy atom. The van der Waals surface area contributed by atoms with Crippen molar-refractivity contribution in [3.05, 3.63) is 0 Å². The molecule has 0 rings (SSSR count). The molecular formula is C9H22N4O. The Balaban J connectivity index is 3.30. The molecule has 14 heavy (non-hydrogen) atoms. The third-order valence-corrected chi connectivity index (χ3v) is 1.93. The van der Waals surface area contributed by atoms with E-state index in [0.717, 1.165) is 32.7 Å². The number of hydrogen-bond donors (Lipinski definition) is 2. The van der Waals surface area contributed by atoms with E-state index in [9.17, 15) is 0 Å². The first-order valence-electron chi connectivity index (χ1n) is 4.84. The second-order valence-electron chi connectivity index (χ2n) is 3.19. The van der Waals surface area contributed by atoms with E-state index < -0.39 is 0 Å². The zero-order valence-corrected chi connectivity index (χ0v) is 9.42. The monoisotopic (exact) mass is 202 g/mol. The number of guanidine groups is 1. The Bertz CT molecular complexity index is 161. The quantitative estimate of drug-likeness (QED) is 0.331. The number of nitrogens with one attached hydrogen (secondary N) is 1. The number of aliphatic imine (C=N–C) groups is 1. The number of nitrogens with zero attached hydrogens (tertiary/aromatic N) is 2. The smallest absolute Gasteiger partial charge is 0.188 e. The minimum atomic E-state index is 0.496. The summed E-state index contributed by atoms with van der Waals surface area (Å²) in [6.07, 6.45) is 1.06. The molecule has 0 heterocycles. The molecule has 0 aliphatic carbocycles. The highest BCUT2D eigenvalue weighted by Gasteiger charge is 1.97. The molecule has 0 radical (unpaired) electrons. The normalized spacial score (nSPS) is 12.1. The molecule has 0 saturated carbocycles. The first-order chi connectivity index (χ1) is 6.70. The molecule has 0 aromatic heterocycles. The van der Waals surface area contributed by atoms with Crippen LogP contribution in [0.5, 0.6) is 0 Å². The van der Waals surface area contributed by atoms with E-state index in [2.05, 4.69) is 22.3 Å². The Morgan fingerprint density at radius 3 is 2.79 bits per heavy atom. The Morgan fingerprint density at radius 1 is 1.50 bits per heavy atom. The molecular weight excluding hydrogens is 180 g/mol. The first kappa shape index (κ1) is 13.2. The van der Waals surface area contributed by atoms with Gasteiger partial charge in [-0.25, -0.2) is 0 Å². The third kappa shape index (κ3) is 7.82. The number of likely N-dealkylation sites (N-methyl/N-ethyl adjacent to an activating group) is 1. The average Bonchev–Trinajstić information content (AvgIpc) is 2.18. The van der Waals surface area contributed by atoms with Gasteiger partial charge in [0.25, 0.3) is 0 Å². The van der Waals surface area contributed by atoms with Gasteiger partial charge in [0.1, 0.15) is 0 Å². The number of nitrogens with two attached hydrogens (primary N) is 1. The summed E-state index contributed by atoms with van der Waals surface area (Å²) in [5.41, 5.74) is 5.48. The summed E-state index contributed by atoms with van der Waals surface area (Å²) in [5.74, 6) is 0.496. The van der Waals surface area contributed by atoms with Crippen molar-refractivity contribution >= 4 is 5.96 Å². The molecule has 0 aliphatic heterocycles. The summed E-state index contributed by atoms with van der Waals surface area (Å²) in [6.45, 7) is 3.64. The van der Waals surface area contributed by atoms with Crippen LogP contribution in [0, 0.1) is 0 Å². The van der Waals surface area contributed by atoms with Crippen molar-refractivity contribution in [1.29, 1.82) is 0 Å². The highest BCUT2D eigenvalue weighted by atomic mass is 16.5. The van der Waals surface area contributed by atoms with E-state index in [1.807, 2.05) is 0 Å². The number of hydrogen-bond acceptors (Lipinski definition) is 3. The van der Waals surface area contributed by atoms with Crippen LogP contribution < -0.4 is 11.1 Å². The highest BCUT2D eigenvalue weighted by Crippen LogP contribution is 1.86. The molecule has 0 unspecified atom stereocenters. The van der Waals surface area contributed by atoms with E-state index in [0.29, 0.717) is 5.96 Å². The van der Waals surface area contributed by atoms with E-state index in [1.165, 1.54) is 0 Å². The average molecular weight is 202 g/mol. The second kappa shape index (κ2) is 8.77. The summed E-state index contributed by atoms with van der Waals surface area (Å²) in [4.78, 5) is 6.04. The predicted molar refractivity (Wildman–Crippen MR) is 59.5 cm³/mol. The minimum absolute atomic E-state index is 0.496. The van der Waals surface area contributed by atoms with Gasteiger partial charge >= 0.3 is 0 Å². The molecule has 5 heteroatoms. The van der Waals surface area contributed by atoms with Gasteiger partial charge in [-0.05, 0) is 13.5 Å². The molecule has 0 aromatic rings. The van der Waals surface area contributed by atoms with Gasteiger partial charge in [-0.1, -0.05) is 0 Å². The summed E-state index contributed by atoms with van der Waals surface area (Å²) in [5, 5.41) is 3.01. The standard InChI is InChI=1S/C9H22N4O/c1-11-9(10)12-5-7-13(2)6-4-8-14-3/h4-8H2,1-3H3,(H3,10,11,12). The van der Waals surface area contributed by atoms with Crippen molar-refractivity contribution in [3.8, 4) is 0 Å². The first-order valence-corrected chi connectivity index (χ1v) is 4.84. The van der Waals surface area contributed by atoms with Crippen molar-refractivity contribution in [3.63, 3.8) is 0 Å². The summed E-state index contributed by atoms with van der Waals surface area (Å²) in [6, 6.07) is 0. The maximum Gasteiger partial charge on any atom is 0.188 e. The van der Waals surface area contributed by atoms with Crippen LogP contribution in [-0.4, -0.2) is 58.3 Å². The fourth-order valence-electron chi connectivity index (χ4n) is 1.04. The lowest BCUT2D eigenvalue weighted by Crippen LogP contribution is -2.37. The Kier molecular flexibility index (Phi) is 8.27. The van der Waals surface area contributed by atoms with Gasteiger partial charge < -0.3 is 20.7 Å². The van der Waals surface area contributed by atoms with Gasteiger partial charge in [-0.15, -0.1) is 0 Å². The maximum absolute atomic E-state index is 5.48. The molecule has 0 aliphatic rings. The predicted octanol–water partition coefficient (Wildman–Crippen LogP) is -0.511. The largest absolute Gasteiger partial charge is 0.385 e. The topological polar surface area (TPSA) is 62.9 Å². The molecule has 0 spiro atoms. The van der Waals surface area contributed by atoms with Crippen molar-refractivity contribution in [2.24, 2.45) is 10.7 Å². The van der Waals surface area contributed by atoms with E-state index in [-0.39, 0.29) is 0 Å². The van der Waals surface area contributed by atoms with Crippen molar-refractivity contribution in [2.45, 2.75) is 6.42 Å². The van der Waals surface area contributed by atoms with E-state index in [1.54, 1.807) is 14.2 Å². The van der Waals surface area contributed by atoms with Crippen molar-refractivity contribution < 1.29 is 4.74 Å². The Labute approximate surface area is 86.3 Å². The van der Waals surface area contributed by atoms with Crippen LogP contribution in [0.3, 0.4) is 0 Å². The minimum Gasteiger partial charge on any atom is -0.385 e. The highest BCUT2D eigenvalue weighted by molar-refractivity contribution is 5.77.